The normalized spacial score (nSPS) is 10.2. The van der Waals surface area contributed by atoms with Crippen LogP contribution in [0.4, 0.5) is 5.69 Å². The van der Waals surface area contributed by atoms with Crippen LogP contribution in [-0.4, -0.2) is 15.9 Å². The molecule has 17 heavy (non-hydrogen) atoms. The summed E-state index contributed by atoms with van der Waals surface area (Å²) in [6.07, 6.45) is 3.00. The number of aromatic nitrogens is 2. The molecule has 0 bridgehead atoms. The molecular formula is C11H12N4OS. The Morgan fingerprint density at radius 3 is 3.06 bits per heavy atom. The third-order valence-electron chi connectivity index (χ3n) is 2.16. The van der Waals surface area contributed by atoms with Crippen molar-refractivity contribution in [1.82, 2.24) is 15.3 Å². The molecule has 0 aromatic carbocycles. The number of carbonyl (C=O) groups excluding carboxylic acids is 1. The fraction of sp³-hybridized carbons (Fsp3) is 0.182. The molecule has 0 unspecified atom stereocenters. The lowest BCUT2D eigenvalue weighted by atomic mass is 10.2. The largest absolute Gasteiger partial charge is 0.397 e. The van der Waals surface area contributed by atoms with E-state index in [1.807, 2.05) is 12.3 Å². The van der Waals surface area contributed by atoms with Gasteiger partial charge in [-0.3, -0.25) is 9.78 Å². The van der Waals surface area contributed by atoms with Gasteiger partial charge in [-0.15, -0.1) is 11.3 Å². The third-order valence-corrected chi connectivity index (χ3v) is 3.13. The zero-order chi connectivity index (χ0) is 12.3. The molecule has 5 nitrogen and oxygen atoms in total. The lowest BCUT2D eigenvalue weighted by Crippen LogP contribution is -2.23. The average molecular weight is 248 g/mol. The Balaban J connectivity index is 2.01. The zero-order valence-electron chi connectivity index (χ0n) is 9.30. The molecule has 0 saturated carbocycles. The van der Waals surface area contributed by atoms with E-state index < -0.39 is 0 Å². The molecule has 0 radical (unpaired) electrons. The molecule has 2 heterocycles. The van der Waals surface area contributed by atoms with Crippen LogP contribution in [0, 0.1) is 6.92 Å². The number of nitrogen functional groups attached to an aromatic ring is 1. The van der Waals surface area contributed by atoms with Crippen LogP contribution >= 0.6 is 11.3 Å². The third kappa shape index (κ3) is 2.79. The second-order valence-electron chi connectivity index (χ2n) is 3.53. The van der Waals surface area contributed by atoms with Crippen molar-refractivity contribution in [2.45, 2.75) is 13.5 Å². The maximum atomic E-state index is 11.8. The molecule has 0 aliphatic heterocycles. The first-order chi connectivity index (χ1) is 8.16. The molecule has 3 N–H and O–H groups in total. The first-order valence-corrected chi connectivity index (χ1v) is 5.93. The number of pyridine rings is 1. The number of amides is 1. The predicted molar refractivity (Wildman–Crippen MR) is 66.7 cm³/mol. The Hall–Kier alpha value is -1.95. The summed E-state index contributed by atoms with van der Waals surface area (Å²) in [5, 5.41) is 5.60. The van der Waals surface area contributed by atoms with Gasteiger partial charge in [0, 0.05) is 17.3 Å². The highest BCUT2D eigenvalue weighted by molar-refractivity contribution is 7.09. The van der Waals surface area contributed by atoms with Gasteiger partial charge in [-0.25, -0.2) is 4.98 Å². The SMILES string of the molecule is Cc1csc(CNC(=O)c2ccncc2N)n1. The van der Waals surface area contributed by atoms with E-state index in [1.54, 1.807) is 12.3 Å². The number of nitrogens with two attached hydrogens (primary N) is 1. The van der Waals surface area contributed by atoms with Gasteiger partial charge in [-0.1, -0.05) is 0 Å². The molecule has 0 spiro atoms. The van der Waals surface area contributed by atoms with E-state index in [0.717, 1.165) is 10.7 Å². The summed E-state index contributed by atoms with van der Waals surface area (Å²) in [7, 11) is 0. The Kier molecular flexibility index (Phi) is 3.34. The smallest absolute Gasteiger partial charge is 0.253 e. The molecule has 2 aromatic rings. The van der Waals surface area contributed by atoms with Crippen LogP contribution in [-0.2, 0) is 6.54 Å². The van der Waals surface area contributed by atoms with Crippen molar-refractivity contribution in [3.8, 4) is 0 Å². The van der Waals surface area contributed by atoms with E-state index in [2.05, 4.69) is 15.3 Å². The lowest BCUT2D eigenvalue weighted by Gasteiger charge is -2.05. The summed E-state index contributed by atoms with van der Waals surface area (Å²) in [5.74, 6) is -0.210. The lowest BCUT2D eigenvalue weighted by molar-refractivity contribution is 0.0951. The minimum absolute atomic E-state index is 0.210. The van der Waals surface area contributed by atoms with Gasteiger partial charge in [0.1, 0.15) is 5.01 Å². The van der Waals surface area contributed by atoms with Gasteiger partial charge in [-0.05, 0) is 13.0 Å². The van der Waals surface area contributed by atoms with E-state index in [-0.39, 0.29) is 5.91 Å². The van der Waals surface area contributed by atoms with E-state index in [9.17, 15) is 4.79 Å². The summed E-state index contributed by atoms with van der Waals surface area (Å²) < 4.78 is 0. The maximum absolute atomic E-state index is 11.8. The van der Waals surface area contributed by atoms with E-state index in [0.29, 0.717) is 17.8 Å². The van der Waals surface area contributed by atoms with Crippen molar-refractivity contribution in [1.29, 1.82) is 0 Å². The van der Waals surface area contributed by atoms with Crippen molar-refractivity contribution >= 4 is 22.9 Å². The van der Waals surface area contributed by atoms with Crippen molar-refractivity contribution in [3.05, 3.63) is 40.1 Å². The topological polar surface area (TPSA) is 80.9 Å². The van der Waals surface area contributed by atoms with Crippen LogP contribution < -0.4 is 11.1 Å². The molecule has 88 valence electrons. The molecule has 1 amide bonds. The average Bonchev–Trinajstić information content (AvgIpc) is 2.73. The van der Waals surface area contributed by atoms with Crippen molar-refractivity contribution in [2.75, 3.05) is 5.73 Å². The second-order valence-corrected chi connectivity index (χ2v) is 4.47. The highest BCUT2D eigenvalue weighted by Gasteiger charge is 2.09. The Morgan fingerprint density at radius 1 is 1.59 bits per heavy atom. The van der Waals surface area contributed by atoms with Gasteiger partial charge in [0.15, 0.2) is 0 Å². The number of carbonyl (C=O) groups is 1. The minimum Gasteiger partial charge on any atom is -0.397 e. The van der Waals surface area contributed by atoms with Crippen molar-refractivity contribution < 1.29 is 4.79 Å². The molecule has 0 saturated heterocycles. The number of rotatable bonds is 3. The van der Waals surface area contributed by atoms with Crippen LogP contribution in [0.3, 0.4) is 0 Å². The summed E-state index contributed by atoms with van der Waals surface area (Å²) in [6, 6.07) is 1.60. The zero-order valence-corrected chi connectivity index (χ0v) is 10.1. The molecule has 0 aliphatic rings. The van der Waals surface area contributed by atoms with Gasteiger partial charge < -0.3 is 11.1 Å². The van der Waals surface area contributed by atoms with Crippen LogP contribution in [0.25, 0.3) is 0 Å². The number of thiazole rings is 1. The summed E-state index contributed by atoms with van der Waals surface area (Å²) in [5.41, 5.74) is 7.43. The van der Waals surface area contributed by atoms with Crippen molar-refractivity contribution in [2.24, 2.45) is 0 Å². The standard InChI is InChI=1S/C11H12N4OS/c1-7-6-17-10(15-7)5-14-11(16)8-2-3-13-4-9(8)12/h2-4,6H,5,12H2,1H3,(H,14,16). The molecule has 0 fully saturated rings. The number of nitrogens with zero attached hydrogens (tertiary/aromatic N) is 2. The Bertz CT molecular complexity index is 538. The predicted octanol–water partition coefficient (Wildman–Crippen LogP) is 1.36. The summed E-state index contributed by atoms with van der Waals surface area (Å²) in [6.45, 7) is 2.34. The quantitative estimate of drug-likeness (QED) is 0.859. The number of hydrogen-bond acceptors (Lipinski definition) is 5. The van der Waals surface area contributed by atoms with Crippen LogP contribution in [0.15, 0.2) is 23.8 Å². The molecular weight excluding hydrogens is 236 g/mol. The first kappa shape index (κ1) is 11.5. The Morgan fingerprint density at radius 2 is 2.41 bits per heavy atom. The maximum Gasteiger partial charge on any atom is 0.253 e. The summed E-state index contributed by atoms with van der Waals surface area (Å²) in [4.78, 5) is 19.9. The highest BCUT2D eigenvalue weighted by Crippen LogP contribution is 2.10. The van der Waals surface area contributed by atoms with E-state index in [1.165, 1.54) is 17.5 Å². The highest BCUT2D eigenvalue weighted by atomic mass is 32.1. The summed E-state index contributed by atoms with van der Waals surface area (Å²) >= 11 is 1.52. The first-order valence-electron chi connectivity index (χ1n) is 5.05. The fourth-order valence-corrected chi connectivity index (χ4v) is 2.06. The van der Waals surface area contributed by atoms with Gasteiger partial charge in [0.05, 0.1) is 24.0 Å². The molecule has 2 rings (SSSR count). The number of nitrogens with one attached hydrogen (secondary N) is 1. The molecule has 2 aromatic heterocycles. The minimum atomic E-state index is -0.210. The second kappa shape index (κ2) is 4.92. The number of aryl methyl sites for hydroxylation is 1. The number of hydrogen-bond donors (Lipinski definition) is 2. The van der Waals surface area contributed by atoms with E-state index in [4.69, 9.17) is 5.73 Å². The fourth-order valence-electron chi connectivity index (χ4n) is 1.35. The van der Waals surface area contributed by atoms with Crippen LogP contribution in [0.5, 0.6) is 0 Å². The Labute approximate surface area is 103 Å². The van der Waals surface area contributed by atoms with E-state index >= 15 is 0 Å². The molecule has 0 atom stereocenters. The van der Waals surface area contributed by atoms with Gasteiger partial charge in [0.25, 0.3) is 5.91 Å². The molecule has 0 aliphatic carbocycles. The molecule has 6 heteroatoms. The monoisotopic (exact) mass is 248 g/mol. The van der Waals surface area contributed by atoms with Crippen LogP contribution in [0.2, 0.25) is 0 Å². The van der Waals surface area contributed by atoms with Gasteiger partial charge in [-0.2, -0.15) is 0 Å². The van der Waals surface area contributed by atoms with Crippen LogP contribution in [0.1, 0.15) is 21.1 Å². The number of anilines is 1. The van der Waals surface area contributed by atoms with Crippen molar-refractivity contribution in [3.63, 3.8) is 0 Å². The van der Waals surface area contributed by atoms with Gasteiger partial charge in [0.2, 0.25) is 0 Å². The van der Waals surface area contributed by atoms with Gasteiger partial charge >= 0.3 is 0 Å².